The molecule has 2 aromatic rings. The van der Waals surface area contributed by atoms with E-state index >= 15 is 0 Å². The van der Waals surface area contributed by atoms with E-state index in [1.165, 1.54) is 18.2 Å². The van der Waals surface area contributed by atoms with E-state index < -0.39 is 4.92 Å². The van der Waals surface area contributed by atoms with Gasteiger partial charge in [-0.05, 0) is 54.8 Å². The van der Waals surface area contributed by atoms with Crippen molar-refractivity contribution in [2.24, 2.45) is 0 Å². The lowest BCUT2D eigenvalue weighted by atomic mass is 10.1. The van der Waals surface area contributed by atoms with E-state index in [2.05, 4.69) is 5.32 Å². The fourth-order valence-electron chi connectivity index (χ4n) is 3.25. The molecule has 2 amide bonds. The van der Waals surface area contributed by atoms with Crippen LogP contribution in [0, 0.1) is 10.1 Å². The second kappa shape index (κ2) is 9.64. The highest BCUT2D eigenvalue weighted by Gasteiger charge is 2.17. The van der Waals surface area contributed by atoms with E-state index in [9.17, 15) is 19.7 Å². The molecule has 0 atom stereocenters. The largest absolute Gasteiger partial charge is 0.339 e. The minimum atomic E-state index is -0.472. The highest BCUT2D eigenvalue weighted by Crippen LogP contribution is 2.17. The number of nitrogens with one attached hydrogen (secondary N) is 1. The average Bonchev–Trinajstić information content (AvgIpc) is 3.02. The molecule has 1 heterocycles. The number of nitrogens with zero attached hydrogens (tertiary/aromatic N) is 2. The van der Waals surface area contributed by atoms with Gasteiger partial charge in [-0.25, -0.2) is 0 Å². The molecule has 2 aromatic carbocycles. The van der Waals surface area contributed by atoms with E-state index in [1.807, 2.05) is 4.90 Å². The Morgan fingerprint density at radius 2 is 1.69 bits per heavy atom. The Hall–Kier alpha value is -3.48. The zero-order chi connectivity index (χ0) is 20.6. The zero-order valence-electron chi connectivity index (χ0n) is 16.0. The third kappa shape index (κ3) is 5.75. The molecule has 0 unspecified atom stereocenters. The summed E-state index contributed by atoms with van der Waals surface area (Å²) in [6, 6.07) is 12.8. The van der Waals surface area contributed by atoms with Gasteiger partial charge in [0.15, 0.2) is 0 Å². The van der Waals surface area contributed by atoms with E-state index in [1.54, 1.807) is 42.5 Å². The standard InChI is InChI=1S/C22H23N3O4/c26-21(13-10-17-8-11-20(12-9-17)25(28)29)23-19-7-5-6-18(16-19)22(27)24-14-3-1-2-4-15-24/h5-13,16H,1-4,14-15H2,(H,23,26)/b13-10+. The molecule has 1 aliphatic rings. The van der Waals surface area contributed by atoms with Crippen LogP contribution in [0.5, 0.6) is 0 Å². The number of carbonyl (C=O) groups excluding carboxylic acids is 2. The Labute approximate surface area is 169 Å². The molecule has 7 nitrogen and oxygen atoms in total. The van der Waals surface area contributed by atoms with E-state index in [0.29, 0.717) is 16.8 Å². The molecule has 3 rings (SSSR count). The number of anilines is 1. The minimum Gasteiger partial charge on any atom is -0.339 e. The van der Waals surface area contributed by atoms with Gasteiger partial charge in [0, 0.05) is 42.5 Å². The van der Waals surface area contributed by atoms with Crippen LogP contribution in [-0.2, 0) is 4.79 Å². The number of non-ortho nitro benzene ring substituents is 1. The van der Waals surface area contributed by atoms with E-state index in [-0.39, 0.29) is 17.5 Å². The number of carbonyl (C=O) groups is 2. The monoisotopic (exact) mass is 393 g/mol. The van der Waals surface area contributed by atoms with Crippen LogP contribution in [0.25, 0.3) is 6.08 Å². The first-order chi connectivity index (χ1) is 14.0. The van der Waals surface area contributed by atoms with E-state index in [4.69, 9.17) is 0 Å². The second-order valence-corrected chi connectivity index (χ2v) is 6.96. The first-order valence-electron chi connectivity index (χ1n) is 9.66. The van der Waals surface area contributed by atoms with Crippen LogP contribution in [-0.4, -0.2) is 34.7 Å². The normalized spacial score (nSPS) is 14.4. The van der Waals surface area contributed by atoms with Crippen molar-refractivity contribution in [1.82, 2.24) is 4.90 Å². The predicted molar refractivity (Wildman–Crippen MR) is 112 cm³/mol. The number of amides is 2. The SMILES string of the molecule is O=C(/C=C/c1ccc([N+](=O)[O-])cc1)Nc1cccc(C(=O)N2CCCCCC2)c1. The van der Waals surface area contributed by atoms with Gasteiger partial charge in [0.05, 0.1) is 4.92 Å². The summed E-state index contributed by atoms with van der Waals surface area (Å²) in [5.41, 5.74) is 1.78. The number of likely N-dealkylation sites (tertiary alicyclic amines) is 1. The van der Waals surface area contributed by atoms with Crippen molar-refractivity contribution in [2.75, 3.05) is 18.4 Å². The number of nitro groups is 1. The molecule has 7 heteroatoms. The Balaban J connectivity index is 1.62. The Morgan fingerprint density at radius 3 is 2.34 bits per heavy atom. The van der Waals surface area contributed by atoms with Crippen molar-refractivity contribution in [3.63, 3.8) is 0 Å². The molecule has 1 aliphatic heterocycles. The number of nitro benzene ring substituents is 1. The highest BCUT2D eigenvalue weighted by molar-refractivity contribution is 6.03. The minimum absolute atomic E-state index is 0.00232. The van der Waals surface area contributed by atoms with Crippen LogP contribution < -0.4 is 5.32 Å². The maximum atomic E-state index is 12.7. The van der Waals surface area contributed by atoms with Crippen LogP contribution in [0.2, 0.25) is 0 Å². The number of benzene rings is 2. The van der Waals surface area contributed by atoms with Gasteiger partial charge >= 0.3 is 0 Å². The molecule has 1 saturated heterocycles. The van der Waals surface area contributed by atoms with Crippen molar-refractivity contribution in [3.05, 3.63) is 75.8 Å². The van der Waals surface area contributed by atoms with Crippen LogP contribution in [0.15, 0.2) is 54.6 Å². The van der Waals surface area contributed by atoms with Crippen molar-refractivity contribution in [2.45, 2.75) is 25.7 Å². The van der Waals surface area contributed by atoms with Crippen LogP contribution >= 0.6 is 0 Å². The van der Waals surface area contributed by atoms with Crippen LogP contribution in [0.1, 0.15) is 41.6 Å². The summed E-state index contributed by atoms with van der Waals surface area (Å²) in [6.45, 7) is 1.54. The lowest BCUT2D eigenvalue weighted by molar-refractivity contribution is -0.384. The molecule has 29 heavy (non-hydrogen) atoms. The molecule has 0 spiro atoms. The van der Waals surface area contributed by atoms with Crippen molar-refractivity contribution >= 4 is 29.3 Å². The maximum absolute atomic E-state index is 12.7. The maximum Gasteiger partial charge on any atom is 0.269 e. The van der Waals surface area contributed by atoms with Crippen molar-refractivity contribution < 1.29 is 14.5 Å². The molecular formula is C22H23N3O4. The molecular weight excluding hydrogens is 370 g/mol. The average molecular weight is 393 g/mol. The number of hydrogen-bond acceptors (Lipinski definition) is 4. The van der Waals surface area contributed by atoms with Gasteiger partial charge < -0.3 is 10.2 Å². The Bertz CT molecular complexity index is 914. The van der Waals surface area contributed by atoms with Crippen molar-refractivity contribution in [1.29, 1.82) is 0 Å². The number of hydrogen-bond donors (Lipinski definition) is 1. The van der Waals surface area contributed by atoms with Gasteiger partial charge in [0.2, 0.25) is 5.91 Å². The lowest BCUT2D eigenvalue weighted by Gasteiger charge is -2.20. The summed E-state index contributed by atoms with van der Waals surface area (Å²) in [4.78, 5) is 37.0. The first-order valence-corrected chi connectivity index (χ1v) is 9.66. The predicted octanol–water partition coefficient (Wildman–Crippen LogP) is 4.26. The van der Waals surface area contributed by atoms with Gasteiger partial charge in [-0.15, -0.1) is 0 Å². The van der Waals surface area contributed by atoms with Gasteiger partial charge in [-0.2, -0.15) is 0 Å². The molecule has 0 aromatic heterocycles. The van der Waals surface area contributed by atoms with Gasteiger partial charge in [-0.1, -0.05) is 18.9 Å². The fraction of sp³-hybridized carbons (Fsp3) is 0.273. The third-order valence-electron chi connectivity index (χ3n) is 4.80. The first kappa shape index (κ1) is 20.3. The quantitative estimate of drug-likeness (QED) is 0.467. The summed E-state index contributed by atoms with van der Waals surface area (Å²) in [5.74, 6) is -0.354. The van der Waals surface area contributed by atoms with Crippen LogP contribution in [0.4, 0.5) is 11.4 Å². The molecule has 0 radical (unpaired) electrons. The summed E-state index contributed by atoms with van der Waals surface area (Å²) in [5, 5.41) is 13.4. The molecule has 150 valence electrons. The molecule has 1 N–H and O–H groups in total. The van der Waals surface area contributed by atoms with Gasteiger partial charge in [0.25, 0.3) is 11.6 Å². The summed E-state index contributed by atoms with van der Waals surface area (Å²) in [6.07, 6.45) is 7.28. The Morgan fingerprint density at radius 1 is 1.00 bits per heavy atom. The lowest BCUT2D eigenvalue weighted by Crippen LogP contribution is -2.31. The smallest absolute Gasteiger partial charge is 0.269 e. The topological polar surface area (TPSA) is 92.5 Å². The Kier molecular flexibility index (Phi) is 6.73. The molecule has 0 aliphatic carbocycles. The highest BCUT2D eigenvalue weighted by atomic mass is 16.6. The van der Waals surface area contributed by atoms with E-state index in [0.717, 1.165) is 38.8 Å². The number of rotatable bonds is 5. The van der Waals surface area contributed by atoms with Gasteiger partial charge in [0.1, 0.15) is 0 Å². The molecule has 1 fully saturated rings. The summed E-state index contributed by atoms with van der Waals surface area (Å²) in [7, 11) is 0. The summed E-state index contributed by atoms with van der Waals surface area (Å²) >= 11 is 0. The van der Waals surface area contributed by atoms with Gasteiger partial charge in [-0.3, -0.25) is 19.7 Å². The third-order valence-corrected chi connectivity index (χ3v) is 4.80. The van der Waals surface area contributed by atoms with Crippen molar-refractivity contribution in [3.8, 4) is 0 Å². The molecule has 0 saturated carbocycles. The second-order valence-electron chi connectivity index (χ2n) is 6.96. The zero-order valence-corrected chi connectivity index (χ0v) is 16.0. The van der Waals surface area contributed by atoms with Crippen LogP contribution in [0.3, 0.4) is 0 Å². The fourth-order valence-corrected chi connectivity index (χ4v) is 3.25. The molecule has 0 bridgehead atoms. The summed E-state index contributed by atoms with van der Waals surface area (Å²) < 4.78 is 0.